The molecule has 1 aromatic carbocycles. The van der Waals surface area contributed by atoms with Crippen molar-refractivity contribution in [1.29, 1.82) is 0 Å². The third-order valence-electron chi connectivity index (χ3n) is 4.26. The normalized spacial score (nSPS) is 23.8. The van der Waals surface area contributed by atoms with Crippen LogP contribution in [0.5, 0.6) is 0 Å². The van der Waals surface area contributed by atoms with Crippen molar-refractivity contribution in [3.63, 3.8) is 0 Å². The van der Waals surface area contributed by atoms with E-state index in [-0.39, 0.29) is 11.9 Å². The van der Waals surface area contributed by atoms with Crippen molar-refractivity contribution in [2.45, 2.75) is 51.6 Å². The van der Waals surface area contributed by atoms with Gasteiger partial charge < -0.3 is 10.2 Å². The monoisotopic (exact) mass is 258 g/mol. The third kappa shape index (κ3) is 2.66. The lowest BCUT2D eigenvalue weighted by Gasteiger charge is -2.33. The fraction of sp³-hybridized carbons (Fsp3) is 0.562. The molecule has 1 unspecified atom stereocenters. The molecule has 2 aliphatic rings. The maximum absolute atomic E-state index is 12.5. The summed E-state index contributed by atoms with van der Waals surface area (Å²) < 4.78 is 0. The molecule has 1 aliphatic heterocycles. The molecule has 1 amide bonds. The van der Waals surface area contributed by atoms with Crippen LogP contribution in [0.3, 0.4) is 0 Å². The zero-order chi connectivity index (χ0) is 13.4. The lowest BCUT2D eigenvalue weighted by Crippen LogP contribution is -2.51. The molecule has 1 aromatic rings. The van der Waals surface area contributed by atoms with Gasteiger partial charge in [0.25, 0.3) is 0 Å². The van der Waals surface area contributed by atoms with E-state index in [0.29, 0.717) is 6.04 Å². The summed E-state index contributed by atoms with van der Waals surface area (Å²) in [7, 11) is 0. The number of hydrogen-bond donors (Lipinski definition) is 1. The second kappa shape index (κ2) is 4.97. The minimum atomic E-state index is 0.0304. The second-order valence-corrected chi connectivity index (χ2v) is 5.89. The number of amides is 1. The molecule has 1 N–H and O–H groups in total. The number of aryl methyl sites for hydroxylation is 2. The number of anilines is 1. The molecule has 1 saturated carbocycles. The largest absolute Gasteiger partial charge is 0.311 e. The molecule has 1 atom stereocenters. The Labute approximate surface area is 115 Å². The fourth-order valence-electron chi connectivity index (χ4n) is 2.71. The van der Waals surface area contributed by atoms with Gasteiger partial charge >= 0.3 is 0 Å². The number of benzene rings is 1. The van der Waals surface area contributed by atoms with E-state index < -0.39 is 0 Å². The van der Waals surface area contributed by atoms with Crippen LogP contribution in [0.15, 0.2) is 18.2 Å². The maximum Gasteiger partial charge on any atom is 0.244 e. The highest BCUT2D eigenvalue weighted by Gasteiger charge is 2.33. The predicted molar refractivity (Wildman–Crippen MR) is 77.4 cm³/mol. The number of carbonyl (C=O) groups excluding carboxylic acids is 1. The molecule has 3 nitrogen and oxygen atoms in total. The van der Waals surface area contributed by atoms with E-state index in [9.17, 15) is 4.79 Å². The highest BCUT2D eigenvalue weighted by molar-refractivity contribution is 5.98. The SMILES string of the molecule is Cc1ccc(N2CCCC(NC3CC3)C2=O)cc1C. The van der Waals surface area contributed by atoms with E-state index in [1.54, 1.807) is 0 Å². The molecule has 3 heteroatoms. The van der Waals surface area contributed by atoms with Crippen molar-refractivity contribution in [2.24, 2.45) is 0 Å². The second-order valence-electron chi connectivity index (χ2n) is 5.89. The van der Waals surface area contributed by atoms with E-state index in [1.165, 1.54) is 24.0 Å². The third-order valence-corrected chi connectivity index (χ3v) is 4.26. The van der Waals surface area contributed by atoms with Crippen LogP contribution < -0.4 is 10.2 Å². The minimum absolute atomic E-state index is 0.0304. The van der Waals surface area contributed by atoms with Gasteiger partial charge in [-0.25, -0.2) is 0 Å². The topological polar surface area (TPSA) is 32.3 Å². The van der Waals surface area contributed by atoms with Gasteiger partial charge in [-0.15, -0.1) is 0 Å². The lowest BCUT2D eigenvalue weighted by atomic mass is 10.0. The Bertz CT molecular complexity index is 494. The first-order valence-electron chi connectivity index (χ1n) is 7.30. The number of hydrogen-bond acceptors (Lipinski definition) is 2. The van der Waals surface area contributed by atoms with Crippen LogP contribution in [0.25, 0.3) is 0 Å². The number of nitrogens with zero attached hydrogens (tertiary/aromatic N) is 1. The summed E-state index contributed by atoms with van der Waals surface area (Å²) in [6.07, 6.45) is 4.53. The number of nitrogens with one attached hydrogen (secondary N) is 1. The van der Waals surface area contributed by atoms with Gasteiger partial charge in [-0.2, -0.15) is 0 Å². The first-order valence-corrected chi connectivity index (χ1v) is 7.30. The molecule has 0 radical (unpaired) electrons. The van der Waals surface area contributed by atoms with E-state index in [0.717, 1.165) is 25.1 Å². The van der Waals surface area contributed by atoms with Crippen LogP contribution in [0.1, 0.15) is 36.8 Å². The standard InChI is InChI=1S/C16H22N2O/c1-11-5-8-14(10-12(11)2)18-9-3-4-15(16(18)19)17-13-6-7-13/h5,8,10,13,15,17H,3-4,6-7,9H2,1-2H3. The zero-order valence-electron chi connectivity index (χ0n) is 11.8. The fourth-order valence-corrected chi connectivity index (χ4v) is 2.71. The molecule has 2 fully saturated rings. The average molecular weight is 258 g/mol. The summed E-state index contributed by atoms with van der Waals surface area (Å²) >= 11 is 0. The van der Waals surface area contributed by atoms with Crippen molar-refractivity contribution in [2.75, 3.05) is 11.4 Å². The molecule has 0 bridgehead atoms. The smallest absolute Gasteiger partial charge is 0.244 e. The maximum atomic E-state index is 12.5. The van der Waals surface area contributed by atoms with Gasteiger partial charge in [0.2, 0.25) is 5.91 Å². The van der Waals surface area contributed by atoms with Crippen molar-refractivity contribution in [1.82, 2.24) is 5.32 Å². The van der Waals surface area contributed by atoms with E-state index in [4.69, 9.17) is 0 Å². The quantitative estimate of drug-likeness (QED) is 0.903. The molecule has 19 heavy (non-hydrogen) atoms. The molecule has 1 heterocycles. The molecular weight excluding hydrogens is 236 g/mol. The van der Waals surface area contributed by atoms with Gasteiger partial charge in [0.05, 0.1) is 6.04 Å². The van der Waals surface area contributed by atoms with Gasteiger partial charge in [0, 0.05) is 18.3 Å². The zero-order valence-corrected chi connectivity index (χ0v) is 11.8. The summed E-state index contributed by atoms with van der Waals surface area (Å²) in [5.41, 5.74) is 3.58. The van der Waals surface area contributed by atoms with Crippen molar-refractivity contribution >= 4 is 11.6 Å². The Hall–Kier alpha value is -1.35. The predicted octanol–water partition coefficient (Wildman–Crippen LogP) is 2.55. The number of rotatable bonds is 3. The molecule has 1 saturated heterocycles. The highest BCUT2D eigenvalue weighted by Crippen LogP contribution is 2.26. The molecule has 0 aromatic heterocycles. The minimum Gasteiger partial charge on any atom is -0.311 e. The summed E-state index contributed by atoms with van der Waals surface area (Å²) in [4.78, 5) is 14.5. The van der Waals surface area contributed by atoms with Crippen LogP contribution in [0.4, 0.5) is 5.69 Å². The first-order chi connectivity index (χ1) is 9.15. The molecule has 102 valence electrons. The average Bonchev–Trinajstić information content (AvgIpc) is 3.20. The number of piperidine rings is 1. The molecule has 1 aliphatic carbocycles. The van der Waals surface area contributed by atoms with Crippen LogP contribution >= 0.6 is 0 Å². The van der Waals surface area contributed by atoms with E-state index >= 15 is 0 Å². The van der Waals surface area contributed by atoms with Crippen molar-refractivity contribution in [3.05, 3.63) is 29.3 Å². The first kappa shape index (κ1) is 12.7. The van der Waals surface area contributed by atoms with Crippen LogP contribution in [-0.2, 0) is 4.79 Å². The lowest BCUT2D eigenvalue weighted by molar-refractivity contribution is -0.121. The van der Waals surface area contributed by atoms with Gasteiger partial charge in [-0.1, -0.05) is 6.07 Å². The highest BCUT2D eigenvalue weighted by atomic mass is 16.2. The Morgan fingerprint density at radius 2 is 1.95 bits per heavy atom. The Morgan fingerprint density at radius 1 is 1.16 bits per heavy atom. The molecular formula is C16H22N2O. The summed E-state index contributed by atoms with van der Waals surface area (Å²) in [5, 5.41) is 3.48. The van der Waals surface area contributed by atoms with Gasteiger partial charge in [-0.3, -0.25) is 4.79 Å². The summed E-state index contributed by atoms with van der Waals surface area (Å²) in [6.45, 7) is 5.06. The number of carbonyl (C=O) groups is 1. The van der Waals surface area contributed by atoms with Crippen molar-refractivity contribution < 1.29 is 4.79 Å². The van der Waals surface area contributed by atoms with Crippen molar-refractivity contribution in [3.8, 4) is 0 Å². The molecule has 0 spiro atoms. The van der Waals surface area contributed by atoms with Crippen LogP contribution in [0.2, 0.25) is 0 Å². The Morgan fingerprint density at radius 3 is 2.63 bits per heavy atom. The van der Waals surface area contributed by atoms with E-state index in [2.05, 4.69) is 37.4 Å². The van der Waals surface area contributed by atoms with Crippen LogP contribution in [-0.4, -0.2) is 24.5 Å². The van der Waals surface area contributed by atoms with E-state index in [1.807, 2.05) is 4.90 Å². The summed E-state index contributed by atoms with van der Waals surface area (Å²) in [6, 6.07) is 6.93. The Kier molecular flexibility index (Phi) is 3.31. The van der Waals surface area contributed by atoms with Gasteiger partial charge in [-0.05, 0) is 62.8 Å². The van der Waals surface area contributed by atoms with Crippen LogP contribution in [0, 0.1) is 13.8 Å². The Balaban J connectivity index is 1.78. The molecule has 3 rings (SSSR count). The van der Waals surface area contributed by atoms with Gasteiger partial charge in [0.15, 0.2) is 0 Å². The van der Waals surface area contributed by atoms with Gasteiger partial charge in [0.1, 0.15) is 0 Å². The summed E-state index contributed by atoms with van der Waals surface area (Å²) in [5.74, 6) is 0.251.